The van der Waals surface area contributed by atoms with Crippen LogP contribution in [0.25, 0.3) is 0 Å². The summed E-state index contributed by atoms with van der Waals surface area (Å²) < 4.78 is 6.93. The molecule has 1 aliphatic rings. The van der Waals surface area contributed by atoms with Crippen molar-refractivity contribution in [2.24, 2.45) is 0 Å². The van der Waals surface area contributed by atoms with E-state index >= 15 is 0 Å². The molecule has 0 amide bonds. The smallest absolute Gasteiger partial charge is 0.317 e. The summed E-state index contributed by atoms with van der Waals surface area (Å²) in [6.07, 6.45) is 3.00. The Balaban J connectivity index is 1.91. The van der Waals surface area contributed by atoms with Crippen LogP contribution in [0.2, 0.25) is 0 Å². The summed E-state index contributed by atoms with van der Waals surface area (Å²) in [7, 11) is 1.90. The largest absolute Gasteiger partial charge is 0.493 e. The number of likely N-dealkylation sites (N-methyl/N-ethyl adjacent to an activating group) is 1. The first kappa shape index (κ1) is 19.2. The first-order valence-corrected chi connectivity index (χ1v) is 9.34. The van der Waals surface area contributed by atoms with E-state index in [1.54, 1.807) is 0 Å². The van der Waals surface area contributed by atoms with E-state index in [1.807, 2.05) is 24.1 Å². The number of nitrogens with zero attached hydrogens (tertiary/aromatic N) is 2. The number of carboxylic acids is 1. The third-order valence-corrected chi connectivity index (χ3v) is 4.94. The SMILES string of the molecule is CCCOc1ccc(Br)cc1CN1CCC(N(C)CC(=O)O)CC1. The maximum absolute atomic E-state index is 10.8. The van der Waals surface area contributed by atoms with Crippen molar-refractivity contribution >= 4 is 21.9 Å². The van der Waals surface area contributed by atoms with Crippen molar-refractivity contribution in [2.75, 3.05) is 33.3 Å². The molecule has 0 spiro atoms. The lowest BCUT2D eigenvalue weighted by Crippen LogP contribution is -2.44. The number of benzene rings is 1. The maximum atomic E-state index is 10.8. The topological polar surface area (TPSA) is 53.0 Å². The highest BCUT2D eigenvalue weighted by molar-refractivity contribution is 9.10. The minimum absolute atomic E-state index is 0.116. The zero-order chi connectivity index (χ0) is 17.5. The number of likely N-dealkylation sites (tertiary alicyclic amines) is 1. The molecule has 1 N–H and O–H groups in total. The van der Waals surface area contributed by atoms with Gasteiger partial charge in [0.1, 0.15) is 5.75 Å². The Bertz CT molecular complexity index is 545. The Morgan fingerprint density at radius 1 is 1.42 bits per heavy atom. The van der Waals surface area contributed by atoms with E-state index in [1.165, 1.54) is 5.56 Å². The van der Waals surface area contributed by atoms with Gasteiger partial charge in [-0.05, 0) is 57.6 Å². The molecule has 134 valence electrons. The second-order valence-electron chi connectivity index (χ2n) is 6.42. The Morgan fingerprint density at radius 2 is 2.12 bits per heavy atom. The number of carbonyl (C=O) groups is 1. The molecule has 1 heterocycles. The standard InChI is InChI=1S/C18H27BrN2O3/c1-3-10-24-17-5-4-15(19)11-14(17)12-21-8-6-16(7-9-21)20(2)13-18(22)23/h4-5,11,16H,3,6-10,12-13H2,1-2H3,(H,22,23). The van der Waals surface area contributed by atoms with Crippen LogP contribution in [0.3, 0.4) is 0 Å². The molecule has 1 aromatic carbocycles. The molecule has 1 aromatic rings. The highest BCUT2D eigenvalue weighted by Gasteiger charge is 2.24. The van der Waals surface area contributed by atoms with Crippen LogP contribution < -0.4 is 4.74 Å². The van der Waals surface area contributed by atoms with Crippen LogP contribution in [-0.2, 0) is 11.3 Å². The maximum Gasteiger partial charge on any atom is 0.317 e. The zero-order valence-electron chi connectivity index (χ0n) is 14.5. The average molecular weight is 399 g/mol. The van der Waals surface area contributed by atoms with Crippen LogP contribution in [0.5, 0.6) is 5.75 Å². The van der Waals surface area contributed by atoms with E-state index in [-0.39, 0.29) is 6.54 Å². The lowest BCUT2D eigenvalue weighted by Gasteiger charge is -2.36. The summed E-state index contributed by atoms with van der Waals surface area (Å²) in [6.45, 7) is 5.79. The van der Waals surface area contributed by atoms with Crippen molar-refractivity contribution in [2.45, 2.75) is 38.8 Å². The number of ether oxygens (including phenoxy) is 1. The molecule has 1 saturated heterocycles. The summed E-state index contributed by atoms with van der Waals surface area (Å²) in [5.41, 5.74) is 1.20. The van der Waals surface area contributed by atoms with Crippen LogP contribution in [-0.4, -0.2) is 60.2 Å². The molecule has 2 rings (SSSR count). The fraction of sp³-hybridized carbons (Fsp3) is 0.611. The fourth-order valence-electron chi connectivity index (χ4n) is 3.13. The summed E-state index contributed by atoms with van der Waals surface area (Å²) >= 11 is 3.54. The molecule has 0 bridgehead atoms. The fourth-order valence-corrected chi connectivity index (χ4v) is 3.53. The van der Waals surface area contributed by atoms with Gasteiger partial charge in [-0.3, -0.25) is 14.6 Å². The van der Waals surface area contributed by atoms with Gasteiger partial charge in [-0.25, -0.2) is 0 Å². The molecular formula is C18H27BrN2O3. The van der Waals surface area contributed by atoms with E-state index in [9.17, 15) is 4.79 Å². The Kier molecular flexibility index (Phi) is 7.52. The molecule has 1 fully saturated rings. The summed E-state index contributed by atoms with van der Waals surface area (Å²) in [5, 5.41) is 8.92. The Hall–Kier alpha value is -1.11. The van der Waals surface area contributed by atoms with Gasteiger partial charge < -0.3 is 9.84 Å². The first-order valence-electron chi connectivity index (χ1n) is 8.55. The van der Waals surface area contributed by atoms with Crippen molar-refractivity contribution < 1.29 is 14.6 Å². The van der Waals surface area contributed by atoms with E-state index in [4.69, 9.17) is 9.84 Å². The lowest BCUT2D eigenvalue weighted by molar-refractivity contribution is -0.138. The normalized spacial score (nSPS) is 16.5. The lowest BCUT2D eigenvalue weighted by atomic mass is 10.0. The quantitative estimate of drug-likeness (QED) is 0.728. The molecule has 0 saturated carbocycles. The predicted molar refractivity (Wildman–Crippen MR) is 98.5 cm³/mol. The van der Waals surface area contributed by atoms with Crippen LogP contribution in [0.1, 0.15) is 31.7 Å². The van der Waals surface area contributed by atoms with Gasteiger partial charge in [-0.15, -0.1) is 0 Å². The molecule has 0 aliphatic carbocycles. The molecule has 6 heteroatoms. The molecule has 24 heavy (non-hydrogen) atoms. The van der Waals surface area contributed by atoms with Gasteiger partial charge in [0, 0.05) is 22.6 Å². The Morgan fingerprint density at radius 3 is 2.75 bits per heavy atom. The number of hydrogen-bond acceptors (Lipinski definition) is 4. The Labute approximate surface area is 152 Å². The van der Waals surface area contributed by atoms with Crippen LogP contribution in [0.15, 0.2) is 22.7 Å². The van der Waals surface area contributed by atoms with Gasteiger partial charge in [-0.2, -0.15) is 0 Å². The number of piperidine rings is 1. The average Bonchev–Trinajstić information content (AvgIpc) is 2.54. The van der Waals surface area contributed by atoms with Gasteiger partial charge in [-0.1, -0.05) is 22.9 Å². The highest BCUT2D eigenvalue weighted by atomic mass is 79.9. The number of hydrogen-bond donors (Lipinski definition) is 1. The van der Waals surface area contributed by atoms with E-state index in [0.29, 0.717) is 6.04 Å². The number of aliphatic carboxylic acids is 1. The van der Waals surface area contributed by atoms with Crippen molar-refractivity contribution in [3.63, 3.8) is 0 Å². The van der Waals surface area contributed by atoms with Gasteiger partial charge in [0.15, 0.2) is 0 Å². The number of carboxylic acid groups (broad SMARTS) is 1. The van der Waals surface area contributed by atoms with E-state index < -0.39 is 5.97 Å². The third-order valence-electron chi connectivity index (χ3n) is 4.44. The van der Waals surface area contributed by atoms with Gasteiger partial charge in [0.25, 0.3) is 0 Å². The first-order chi connectivity index (χ1) is 11.5. The monoisotopic (exact) mass is 398 g/mol. The highest BCUT2D eigenvalue weighted by Crippen LogP contribution is 2.26. The van der Waals surface area contributed by atoms with Crippen LogP contribution in [0.4, 0.5) is 0 Å². The second kappa shape index (κ2) is 9.39. The van der Waals surface area contributed by atoms with Gasteiger partial charge in [0.2, 0.25) is 0 Å². The third kappa shape index (κ3) is 5.76. The van der Waals surface area contributed by atoms with E-state index in [0.717, 1.165) is 55.7 Å². The van der Waals surface area contributed by atoms with Gasteiger partial charge in [0.05, 0.1) is 13.2 Å². The predicted octanol–water partition coefficient (Wildman–Crippen LogP) is 3.22. The van der Waals surface area contributed by atoms with Gasteiger partial charge >= 0.3 is 5.97 Å². The van der Waals surface area contributed by atoms with Crippen LogP contribution in [0, 0.1) is 0 Å². The minimum Gasteiger partial charge on any atom is -0.493 e. The molecule has 0 radical (unpaired) electrons. The van der Waals surface area contributed by atoms with Crippen molar-refractivity contribution in [3.8, 4) is 5.75 Å². The van der Waals surface area contributed by atoms with Crippen molar-refractivity contribution in [1.82, 2.24) is 9.80 Å². The minimum atomic E-state index is -0.758. The molecule has 5 nitrogen and oxygen atoms in total. The number of rotatable bonds is 8. The van der Waals surface area contributed by atoms with Crippen LogP contribution >= 0.6 is 15.9 Å². The number of halogens is 1. The molecule has 0 atom stereocenters. The molecule has 0 aromatic heterocycles. The van der Waals surface area contributed by atoms with E-state index in [2.05, 4.69) is 33.8 Å². The molecule has 0 unspecified atom stereocenters. The molecule has 1 aliphatic heterocycles. The molecular weight excluding hydrogens is 372 g/mol. The second-order valence-corrected chi connectivity index (χ2v) is 7.33. The van der Waals surface area contributed by atoms with Crippen molar-refractivity contribution in [1.29, 1.82) is 0 Å². The zero-order valence-corrected chi connectivity index (χ0v) is 16.1. The van der Waals surface area contributed by atoms with Crippen molar-refractivity contribution in [3.05, 3.63) is 28.2 Å². The summed E-state index contributed by atoms with van der Waals surface area (Å²) in [6, 6.07) is 6.54. The summed E-state index contributed by atoms with van der Waals surface area (Å²) in [5.74, 6) is 0.206. The summed E-state index contributed by atoms with van der Waals surface area (Å²) in [4.78, 5) is 15.2.